The second-order valence-electron chi connectivity index (χ2n) is 3.19. The maximum absolute atomic E-state index is 12.5. The lowest BCUT2D eigenvalue weighted by Gasteiger charge is -2.16. The van der Waals surface area contributed by atoms with Gasteiger partial charge in [-0.1, -0.05) is 15.9 Å². The molecule has 0 saturated heterocycles. The molecule has 96 valence electrons. The third-order valence-electron chi connectivity index (χ3n) is 2.02. The minimum Gasteiger partial charge on any atom is -0.326 e. The normalized spacial score (nSPS) is 12.9. The van der Waals surface area contributed by atoms with Crippen molar-refractivity contribution >= 4 is 15.9 Å². The minimum atomic E-state index is -4.87. The zero-order valence-electron chi connectivity index (χ0n) is 8.08. The van der Waals surface area contributed by atoms with Crippen LogP contribution in [0, 0.1) is 0 Å². The molecule has 8 heteroatoms. The molecule has 1 rings (SSSR count). The van der Waals surface area contributed by atoms with Crippen LogP contribution in [0.15, 0.2) is 16.6 Å². The van der Waals surface area contributed by atoms with Gasteiger partial charge >= 0.3 is 12.4 Å². The first-order valence-electron chi connectivity index (χ1n) is 4.24. The molecule has 0 aliphatic carbocycles. The van der Waals surface area contributed by atoms with Gasteiger partial charge in [0, 0.05) is 11.0 Å². The number of benzene rings is 1. The van der Waals surface area contributed by atoms with Gasteiger partial charge in [-0.2, -0.15) is 26.3 Å². The topological polar surface area (TPSA) is 26.0 Å². The summed E-state index contributed by atoms with van der Waals surface area (Å²) >= 11 is 2.58. The summed E-state index contributed by atoms with van der Waals surface area (Å²) in [5, 5.41) is 0. The van der Waals surface area contributed by atoms with Gasteiger partial charge in [0.15, 0.2) is 0 Å². The SMILES string of the molecule is NCc1cc(Br)c(C(F)(F)F)cc1C(F)(F)F. The highest BCUT2D eigenvalue weighted by Gasteiger charge is 2.39. The Morgan fingerprint density at radius 2 is 1.41 bits per heavy atom. The van der Waals surface area contributed by atoms with Gasteiger partial charge in [-0.25, -0.2) is 0 Å². The summed E-state index contributed by atoms with van der Waals surface area (Å²) in [4.78, 5) is 0. The van der Waals surface area contributed by atoms with Crippen LogP contribution in [-0.4, -0.2) is 0 Å². The Bertz CT molecular complexity index is 423. The van der Waals surface area contributed by atoms with Crippen LogP contribution in [0.2, 0.25) is 0 Å². The van der Waals surface area contributed by atoms with Crippen LogP contribution in [-0.2, 0) is 18.9 Å². The number of hydrogen-bond acceptors (Lipinski definition) is 1. The summed E-state index contributed by atoms with van der Waals surface area (Å²) in [5.74, 6) is 0. The van der Waals surface area contributed by atoms with E-state index >= 15 is 0 Å². The van der Waals surface area contributed by atoms with Gasteiger partial charge in [0.2, 0.25) is 0 Å². The number of halogens is 7. The average molecular weight is 322 g/mol. The Morgan fingerprint density at radius 1 is 0.941 bits per heavy atom. The molecule has 0 atom stereocenters. The first kappa shape index (κ1) is 14.3. The lowest BCUT2D eigenvalue weighted by molar-refractivity contribution is -0.143. The number of nitrogens with two attached hydrogens (primary N) is 1. The standard InChI is InChI=1S/C9H6BrF6N/c10-7-1-4(3-17)5(8(11,12)13)2-6(7)9(14,15)16/h1-2H,3,17H2. The van der Waals surface area contributed by atoms with E-state index in [2.05, 4.69) is 15.9 Å². The van der Waals surface area contributed by atoms with E-state index in [4.69, 9.17) is 5.73 Å². The molecule has 0 bridgehead atoms. The highest BCUT2D eigenvalue weighted by atomic mass is 79.9. The highest BCUT2D eigenvalue weighted by molar-refractivity contribution is 9.10. The summed E-state index contributed by atoms with van der Waals surface area (Å²) in [7, 11) is 0. The third-order valence-corrected chi connectivity index (χ3v) is 2.68. The molecule has 1 aromatic carbocycles. The molecule has 0 amide bonds. The van der Waals surface area contributed by atoms with Crippen LogP contribution in [0.3, 0.4) is 0 Å². The molecule has 1 nitrogen and oxygen atoms in total. The number of alkyl halides is 6. The van der Waals surface area contributed by atoms with E-state index in [-0.39, 0.29) is 6.07 Å². The smallest absolute Gasteiger partial charge is 0.326 e. The van der Waals surface area contributed by atoms with Gasteiger partial charge in [-0.3, -0.25) is 0 Å². The van der Waals surface area contributed by atoms with Gasteiger partial charge < -0.3 is 5.73 Å². The van der Waals surface area contributed by atoms with Crippen molar-refractivity contribution in [3.05, 3.63) is 33.3 Å². The van der Waals surface area contributed by atoms with Crippen molar-refractivity contribution in [1.82, 2.24) is 0 Å². The molecule has 0 unspecified atom stereocenters. The summed E-state index contributed by atoms with van der Waals surface area (Å²) in [6, 6.07) is 0.803. The van der Waals surface area contributed by atoms with Gasteiger partial charge in [0.1, 0.15) is 0 Å². The maximum Gasteiger partial charge on any atom is 0.417 e. The van der Waals surface area contributed by atoms with Gasteiger partial charge in [0.25, 0.3) is 0 Å². The first-order chi connectivity index (χ1) is 7.57. The summed E-state index contributed by atoms with van der Waals surface area (Å²) in [6.07, 6.45) is -9.72. The molecule has 1 aromatic rings. The van der Waals surface area contributed by atoms with Crippen molar-refractivity contribution in [2.45, 2.75) is 18.9 Å². The van der Waals surface area contributed by atoms with Crippen molar-refractivity contribution in [3.63, 3.8) is 0 Å². The predicted octanol–water partition coefficient (Wildman–Crippen LogP) is 3.95. The molecule has 0 aromatic heterocycles. The molecule has 0 aliphatic heterocycles. The Labute approximate surface area is 101 Å². The van der Waals surface area contributed by atoms with Crippen molar-refractivity contribution in [2.75, 3.05) is 0 Å². The summed E-state index contributed by atoms with van der Waals surface area (Å²) < 4.78 is 74.3. The average Bonchev–Trinajstić information content (AvgIpc) is 2.13. The van der Waals surface area contributed by atoms with Crippen molar-refractivity contribution in [1.29, 1.82) is 0 Å². The zero-order chi connectivity index (χ0) is 13.4. The van der Waals surface area contributed by atoms with Crippen LogP contribution >= 0.6 is 15.9 Å². The van der Waals surface area contributed by atoms with Crippen LogP contribution < -0.4 is 5.73 Å². The van der Waals surface area contributed by atoms with E-state index in [0.29, 0.717) is 0 Å². The second-order valence-corrected chi connectivity index (χ2v) is 4.04. The quantitative estimate of drug-likeness (QED) is 0.779. The Balaban J connectivity index is 3.49. The van der Waals surface area contributed by atoms with Crippen LogP contribution in [0.1, 0.15) is 16.7 Å². The van der Waals surface area contributed by atoms with Crippen molar-refractivity contribution < 1.29 is 26.3 Å². The van der Waals surface area contributed by atoms with E-state index in [9.17, 15) is 26.3 Å². The highest BCUT2D eigenvalue weighted by Crippen LogP contribution is 2.40. The number of rotatable bonds is 1. The minimum absolute atomic E-state index is 0.0618. The largest absolute Gasteiger partial charge is 0.417 e. The monoisotopic (exact) mass is 321 g/mol. The maximum atomic E-state index is 12.5. The molecule has 0 aliphatic rings. The van der Waals surface area contributed by atoms with Crippen LogP contribution in [0.5, 0.6) is 0 Å². The van der Waals surface area contributed by atoms with E-state index in [0.717, 1.165) is 6.07 Å². The Kier molecular flexibility index (Phi) is 3.78. The molecule has 0 saturated carbocycles. The lowest BCUT2D eigenvalue weighted by atomic mass is 10.0. The predicted molar refractivity (Wildman–Crippen MR) is 52.0 cm³/mol. The van der Waals surface area contributed by atoms with E-state index < -0.39 is 40.1 Å². The van der Waals surface area contributed by atoms with Crippen LogP contribution in [0.4, 0.5) is 26.3 Å². The van der Waals surface area contributed by atoms with E-state index in [1.54, 1.807) is 0 Å². The first-order valence-corrected chi connectivity index (χ1v) is 5.03. The molecule has 2 N–H and O–H groups in total. The molecular weight excluding hydrogens is 316 g/mol. The third kappa shape index (κ3) is 3.12. The van der Waals surface area contributed by atoms with E-state index in [1.807, 2.05) is 0 Å². The lowest BCUT2D eigenvalue weighted by Crippen LogP contribution is -2.16. The van der Waals surface area contributed by atoms with Crippen LogP contribution in [0.25, 0.3) is 0 Å². The summed E-state index contributed by atoms with van der Waals surface area (Å²) in [6.45, 7) is -0.494. The van der Waals surface area contributed by atoms with E-state index in [1.165, 1.54) is 0 Å². The van der Waals surface area contributed by atoms with Gasteiger partial charge in [0.05, 0.1) is 11.1 Å². The molecular formula is C9H6BrF6N. The second kappa shape index (κ2) is 4.49. The fourth-order valence-electron chi connectivity index (χ4n) is 1.26. The van der Waals surface area contributed by atoms with Crippen molar-refractivity contribution in [2.24, 2.45) is 5.73 Å². The molecule has 0 fully saturated rings. The fraction of sp³-hybridized carbons (Fsp3) is 0.333. The Hall–Kier alpha value is -0.760. The fourth-order valence-corrected chi connectivity index (χ4v) is 1.88. The van der Waals surface area contributed by atoms with Gasteiger partial charge in [-0.15, -0.1) is 0 Å². The van der Waals surface area contributed by atoms with Gasteiger partial charge in [-0.05, 0) is 17.7 Å². The molecule has 0 radical (unpaired) electrons. The summed E-state index contributed by atoms with van der Waals surface area (Å²) in [5.41, 5.74) is 1.94. The molecule has 0 spiro atoms. The van der Waals surface area contributed by atoms with Crippen molar-refractivity contribution in [3.8, 4) is 0 Å². The molecule has 17 heavy (non-hydrogen) atoms. The molecule has 0 heterocycles. The number of hydrogen-bond donors (Lipinski definition) is 1. The zero-order valence-corrected chi connectivity index (χ0v) is 9.67. The Morgan fingerprint density at radius 3 is 1.76 bits per heavy atom.